The van der Waals surface area contributed by atoms with Gasteiger partial charge in [-0.3, -0.25) is 4.79 Å². The van der Waals surface area contributed by atoms with Crippen LogP contribution in [0.25, 0.3) is 0 Å². The lowest BCUT2D eigenvalue weighted by atomic mass is 10.1. The summed E-state index contributed by atoms with van der Waals surface area (Å²) >= 11 is 5.86. The molecule has 0 aromatic heterocycles. The summed E-state index contributed by atoms with van der Waals surface area (Å²) in [5.41, 5.74) is 0.205. The lowest BCUT2D eigenvalue weighted by Gasteiger charge is -2.17. The van der Waals surface area contributed by atoms with Crippen molar-refractivity contribution >= 4 is 37.2 Å². The molecule has 1 aliphatic rings. The minimum absolute atomic E-state index is 0.0973. The number of halogens is 2. The van der Waals surface area contributed by atoms with E-state index in [1.165, 1.54) is 31.0 Å². The molecule has 1 aromatic rings. The van der Waals surface area contributed by atoms with Crippen molar-refractivity contribution in [3.8, 4) is 0 Å². The maximum Gasteiger partial charge on any atom is 0.261 e. The lowest BCUT2D eigenvalue weighted by molar-refractivity contribution is 0.0932. The predicted octanol–water partition coefficient (Wildman–Crippen LogP) is 3.58. The monoisotopic (exact) mass is 349 g/mol. The number of benzene rings is 1. The maximum absolute atomic E-state index is 12.2. The van der Waals surface area contributed by atoms with Gasteiger partial charge in [0.05, 0.1) is 4.90 Å². The summed E-state index contributed by atoms with van der Waals surface area (Å²) in [6.45, 7) is 2.01. The molecule has 1 N–H and O–H groups in total. The van der Waals surface area contributed by atoms with E-state index >= 15 is 0 Å². The van der Waals surface area contributed by atoms with Crippen LogP contribution in [0.3, 0.4) is 0 Å². The average Bonchev–Trinajstić information content (AvgIpc) is 3.20. The van der Waals surface area contributed by atoms with E-state index in [2.05, 4.69) is 5.32 Å². The van der Waals surface area contributed by atoms with Gasteiger partial charge in [0.15, 0.2) is 0 Å². The van der Waals surface area contributed by atoms with E-state index in [1.54, 1.807) is 0 Å². The van der Waals surface area contributed by atoms with E-state index in [1.807, 2.05) is 6.92 Å². The fraction of sp³-hybridized carbons (Fsp3) is 0.500. The highest BCUT2D eigenvalue weighted by Gasteiger charge is 2.26. The van der Waals surface area contributed by atoms with Crippen molar-refractivity contribution < 1.29 is 13.2 Å². The Bertz CT molecular complexity index is 642. The number of nitrogens with one attached hydrogen (secondary N) is 1. The van der Waals surface area contributed by atoms with Gasteiger partial charge in [0, 0.05) is 27.3 Å². The Hall–Kier alpha value is -0.780. The lowest BCUT2D eigenvalue weighted by Crippen LogP contribution is -2.34. The number of rotatable bonds is 6. The van der Waals surface area contributed by atoms with Gasteiger partial charge in [-0.15, -0.1) is 0 Å². The van der Waals surface area contributed by atoms with E-state index in [-0.39, 0.29) is 27.4 Å². The largest absolute Gasteiger partial charge is 0.349 e. The molecule has 1 aliphatic carbocycles. The summed E-state index contributed by atoms with van der Waals surface area (Å²) in [6, 6.07) is 4.00. The van der Waals surface area contributed by atoms with Crippen LogP contribution in [-0.4, -0.2) is 20.4 Å². The van der Waals surface area contributed by atoms with Gasteiger partial charge in [-0.1, -0.05) is 31.4 Å². The molecule has 1 atom stereocenters. The molecule has 21 heavy (non-hydrogen) atoms. The minimum Gasteiger partial charge on any atom is -0.349 e. The second kappa shape index (κ2) is 6.55. The van der Waals surface area contributed by atoms with Gasteiger partial charge in [0.1, 0.15) is 0 Å². The first-order valence-electron chi connectivity index (χ1n) is 6.85. The van der Waals surface area contributed by atoms with Crippen LogP contribution in [0.1, 0.15) is 43.0 Å². The van der Waals surface area contributed by atoms with Gasteiger partial charge < -0.3 is 5.32 Å². The van der Waals surface area contributed by atoms with Gasteiger partial charge >= 0.3 is 0 Å². The Labute approximate surface area is 134 Å². The fourth-order valence-corrected chi connectivity index (χ4v) is 3.29. The van der Waals surface area contributed by atoms with E-state index < -0.39 is 9.05 Å². The standard InChI is InChI=1S/C14H17Cl2NO3S/c1-2-12(5-9-3-4-9)17-14(18)10-6-11(15)8-13(7-10)21(16,19)20/h6-9,12H,2-5H2,1H3,(H,17,18). The molecule has 1 unspecified atom stereocenters. The molecule has 0 spiro atoms. The smallest absolute Gasteiger partial charge is 0.261 e. The van der Waals surface area contributed by atoms with E-state index in [0.717, 1.165) is 12.8 Å². The molecule has 1 saturated carbocycles. The Morgan fingerprint density at radius 3 is 2.57 bits per heavy atom. The number of amides is 1. The number of hydrogen-bond donors (Lipinski definition) is 1. The summed E-state index contributed by atoms with van der Waals surface area (Å²) in [6.07, 6.45) is 4.24. The summed E-state index contributed by atoms with van der Waals surface area (Å²) in [5.74, 6) is 0.375. The molecule has 0 heterocycles. The summed E-state index contributed by atoms with van der Waals surface area (Å²) < 4.78 is 22.7. The molecule has 0 bridgehead atoms. The second-order valence-electron chi connectivity index (χ2n) is 5.37. The van der Waals surface area contributed by atoms with Crippen molar-refractivity contribution in [2.24, 2.45) is 5.92 Å². The Morgan fingerprint density at radius 2 is 2.05 bits per heavy atom. The summed E-state index contributed by atoms with van der Waals surface area (Å²) in [4.78, 5) is 12.1. The van der Waals surface area contributed by atoms with E-state index in [9.17, 15) is 13.2 Å². The van der Waals surface area contributed by atoms with Crippen LogP contribution in [-0.2, 0) is 9.05 Å². The highest BCUT2D eigenvalue weighted by molar-refractivity contribution is 8.13. The molecule has 0 saturated heterocycles. The number of carbonyl (C=O) groups is 1. The molecule has 1 aromatic carbocycles. The van der Waals surface area contributed by atoms with Crippen LogP contribution in [0.5, 0.6) is 0 Å². The maximum atomic E-state index is 12.2. The van der Waals surface area contributed by atoms with E-state index in [0.29, 0.717) is 5.92 Å². The van der Waals surface area contributed by atoms with Crippen LogP contribution in [0.4, 0.5) is 0 Å². The first-order valence-corrected chi connectivity index (χ1v) is 9.54. The Morgan fingerprint density at radius 1 is 1.38 bits per heavy atom. The van der Waals surface area contributed by atoms with Crippen LogP contribution in [0.15, 0.2) is 23.1 Å². The van der Waals surface area contributed by atoms with Crippen LogP contribution in [0, 0.1) is 5.92 Å². The molecule has 116 valence electrons. The molecule has 1 amide bonds. The predicted molar refractivity (Wildman–Crippen MR) is 83.4 cm³/mol. The molecular weight excluding hydrogens is 333 g/mol. The second-order valence-corrected chi connectivity index (χ2v) is 8.37. The van der Waals surface area contributed by atoms with Crippen molar-refractivity contribution in [1.82, 2.24) is 5.32 Å². The first-order chi connectivity index (χ1) is 9.79. The quantitative estimate of drug-likeness (QED) is 0.798. The van der Waals surface area contributed by atoms with Gasteiger partial charge in [0.25, 0.3) is 15.0 Å². The van der Waals surface area contributed by atoms with Crippen molar-refractivity contribution in [2.75, 3.05) is 0 Å². The normalized spacial score (nSPS) is 16.5. The molecule has 1 fully saturated rings. The third-order valence-electron chi connectivity index (χ3n) is 3.56. The SMILES string of the molecule is CCC(CC1CC1)NC(=O)c1cc(Cl)cc(S(=O)(=O)Cl)c1. The van der Waals surface area contributed by atoms with Crippen LogP contribution < -0.4 is 5.32 Å². The third-order valence-corrected chi connectivity index (χ3v) is 5.11. The molecule has 0 aliphatic heterocycles. The molecule has 0 radical (unpaired) electrons. The van der Waals surface area contributed by atoms with Gasteiger partial charge in [-0.2, -0.15) is 0 Å². The third kappa shape index (κ3) is 4.87. The zero-order valence-corrected chi connectivity index (χ0v) is 13.9. The average molecular weight is 350 g/mol. The molecular formula is C14H17Cl2NO3S. The van der Waals surface area contributed by atoms with Gasteiger partial charge in [0.2, 0.25) is 0 Å². The van der Waals surface area contributed by atoms with Crippen LogP contribution >= 0.6 is 22.3 Å². The fourth-order valence-electron chi connectivity index (χ4n) is 2.19. The summed E-state index contributed by atoms with van der Waals surface area (Å²) in [5, 5.41) is 3.09. The van der Waals surface area contributed by atoms with E-state index in [4.69, 9.17) is 22.3 Å². The highest BCUT2D eigenvalue weighted by atomic mass is 35.7. The van der Waals surface area contributed by atoms with Gasteiger partial charge in [-0.05, 0) is 37.0 Å². The molecule has 7 heteroatoms. The van der Waals surface area contributed by atoms with Crippen molar-refractivity contribution in [2.45, 2.75) is 43.5 Å². The van der Waals surface area contributed by atoms with Crippen LogP contribution in [0.2, 0.25) is 5.02 Å². The Balaban J connectivity index is 2.16. The zero-order chi connectivity index (χ0) is 15.6. The molecule has 4 nitrogen and oxygen atoms in total. The Kier molecular flexibility index (Phi) is 5.17. The van der Waals surface area contributed by atoms with Crippen molar-refractivity contribution in [1.29, 1.82) is 0 Å². The first kappa shape index (κ1) is 16.6. The van der Waals surface area contributed by atoms with Crippen molar-refractivity contribution in [3.63, 3.8) is 0 Å². The highest BCUT2D eigenvalue weighted by Crippen LogP contribution is 2.34. The number of hydrogen-bond acceptors (Lipinski definition) is 3. The summed E-state index contributed by atoms with van der Waals surface area (Å²) in [7, 11) is 1.38. The van der Waals surface area contributed by atoms with Gasteiger partial charge in [-0.25, -0.2) is 8.42 Å². The van der Waals surface area contributed by atoms with Crippen molar-refractivity contribution in [3.05, 3.63) is 28.8 Å². The minimum atomic E-state index is -3.92. The molecule has 2 rings (SSSR count). The zero-order valence-electron chi connectivity index (χ0n) is 11.6. The topological polar surface area (TPSA) is 63.2 Å². The number of carbonyl (C=O) groups excluding carboxylic acids is 1.